The first-order valence-corrected chi connectivity index (χ1v) is 7.77. The first-order valence-electron chi connectivity index (χ1n) is 7.39. The van der Waals surface area contributed by atoms with E-state index in [0.29, 0.717) is 22.9 Å². The van der Waals surface area contributed by atoms with Crippen LogP contribution in [0.2, 0.25) is 0 Å². The average molecular weight is 359 g/mol. The van der Waals surface area contributed by atoms with Crippen molar-refractivity contribution in [3.05, 3.63) is 59.3 Å². The van der Waals surface area contributed by atoms with E-state index >= 15 is 0 Å². The number of halogens is 1. The molecule has 0 unspecified atom stereocenters. The molecule has 0 atom stereocenters. The van der Waals surface area contributed by atoms with Gasteiger partial charge in [-0.3, -0.25) is 9.59 Å². The van der Waals surface area contributed by atoms with Gasteiger partial charge in [0, 0.05) is 11.8 Å². The Morgan fingerprint density at radius 1 is 0.960 bits per heavy atom. The van der Waals surface area contributed by atoms with E-state index in [0.717, 1.165) is 4.90 Å². The third-order valence-corrected chi connectivity index (χ3v) is 4.05. The largest absolute Gasteiger partial charge is 0.497 e. The Kier molecular flexibility index (Phi) is 4.63. The Hall–Kier alpha value is -2.99. The summed E-state index contributed by atoms with van der Waals surface area (Å²) in [5, 5.41) is 2.73. The van der Waals surface area contributed by atoms with Crippen molar-refractivity contribution in [2.24, 2.45) is 0 Å². The fraction of sp³-hybridized carbons (Fsp3) is 0.111. The molecule has 0 radical (unpaired) electrons. The summed E-state index contributed by atoms with van der Waals surface area (Å²) in [5.41, 5.74) is 0.970. The summed E-state index contributed by atoms with van der Waals surface area (Å²) >= 11 is 6.11. The lowest BCUT2D eigenvalue weighted by molar-refractivity contribution is -0.120. The standard InChI is InChI=1S/C18H15ClN2O4/c1-24-12-8-9-13(14(10-12)25-2)21-17(22)15(19)16(18(21)23)20-11-6-4-3-5-7-11/h3-10,20H,1-2H3. The summed E-state index contributed by atoms with van der Waals surface area (Å²) in [6, 6.07) is 13.8. The first-order chi connectivity index (χ1) is 12.1. The number of methoxy groups -OCH3 is 2. The van der Waals surface area contributed by atoms with Crippen LogP contribution >= 0.6 is 11.6 Å². The number of carbonyl (C=O) groups excluding carboxylic acids is 2. The Morgan fingerprint density at radius 2 is 1.68 bits per heavy atom. The van der Waals surface area contributed by atoms with Gasteiger partial charge in [-0.2, -0.15) is 0 Å². The first kappa shape index (κ1) is 16.9. The van der Waals surface area contributed by atoms with Crippen molar-refractivity contribution >= 4 is 34.8 Å². The minimum absolute atomic E-state index is 0.0238. The Labute approximate surface area is 149 Å². The van der Waals surface area contributed by atoms with Gasteiger partial charge in [0.05, 0.1) is 19.9 Å². The third-order valence-electron chi connectivity index (χ3n) is 3.70. The van der Waals surface area contributed by atoms with Gasteiger partial charge in [-0.1, -0.05) is 29.8 Å². The highest BCUT2D eigenvalue weighted by Gasteiger charge is 2.40. The molecule has 1 heterocycles. The summed E-state index contributed by atoms with van der Waals surface area (Å²) in [6.07, 6.45) is 0. The number of carbonyl (C=O) groups is 2. The van der Waals surface area contributed by atoms with Crippen LogP contribution in [-0.2, 0) is 9.59 Å². The molecule has 128 valence electrons. The topological polar surface area (TPSA) is 67.9 Å². The summed E-state index contributed by atoms with van der Waals surface area (Å²) in [5.74, 6) is -0.302. The van der Waals surface area contributed by atoms with Gasteiger partial charge in [0.25, 0.3) is 11.8 Å². The minimum atomic E-state index is -0.617. The molecule has 3 rings (SSSR count). The van der Waals surface area contributed by atoms with E-state index in [1.165, 1.54) is 14.2 Å². The van der Waals surface area contributed by atoms with Gasteiger partial charge in [0.1, 0.15) is 22.2 Å². The van der Waals surface area contributed by atoms with E-state index in [4.69, 9.17) is 21.1 Å². The molecule has 1 aliphatic rings. The van der Waals surface area contributed by atoms with Crippen LogP contribution in [0, 0.1) is 0 Å². The van der Waals surface area contributed by atoms with Crippen LogP contribution in [0.4, 0.5) is 11.4 Å². The number of para-hydroxylation sites is 1. The molecule has 0 aliphatic carbocycles. The number of amides is 2. The molecule has 6 nitrogen and oxygen atoms in total. The molecule has 1 aliphatic heterocycles. The number of nitrogens with one attached hydrogen (secondary N) is 1. The highest BCUT2D eigenvalue weighted by molar-refractivity contribution is 6.53. The summed E-state index contributed by atoms with van der Waals surface area (Å²) < 4.78 is 10.4. The number of imide groups is 1. The molecule has 0 fully saturated rings. The average Bonchev–Trinajstić information content (AvgIpc) is 2.85. The summed E-state index contributed by atoms with van der Waals surface area (Å²) in [7, 11) is 2.96. The van der Waals surface area contributed by atoms with Gasteiger partial charge in [0.15, 0.2) is 0 Å². The van der Waals surface area contributed by atoms with Crippen molar-refractivity contribution in [2.75, 3.05) is 24.4 Å². The molecule has 25 heavy (non-hydrogen) atoms. The molecular weight excluding hydrogens is 344 g/mol. The highest BCUT2D eigenvalue weighted by atomic mass is 35.5. The van der Waals surface area contributed by atoms with E-state index in [-0.39, 0.29) is 10.7 Å². The second-order valence-corrected chi connectivity index (χ2v) is 5.54. The van der Waals surface area contributed by atoms with Crippen molar-refractivity contribution in [3.8, 4) is 11.5 Å². The van der Waals surface area contributed by atoms with Crippen molar-refractivity contribution < 1.29 is 19.1 Å². The molecule has 2 aromatic rings. The van der Waals surface area contributed by atoms with Crippen molar-refractivity contribution in [1.82, 2.24) is 0 Å². The van der Waals surface area contributed by atoms with Gasteiger partial charge >= 0.3 is 0 Å². The van der Waals surface area contributed by atoms with Crippen LogP contribution in [0.1, 0.15) is 0 Å². The Balaban J connectivity index is 1.96. The van der Waals surface area contributed by atoms with Crippen molar-refractivity contribution in [3.63, 3.8) is 0 Å². The molecular formula is C18H15ClN2O4. The van der Waals surface area contributed by atoms with Gasteiger partial charge in [-0.15, -0.1) is 0 Å². The quantitative estimate of drug-likeness (QED) is 0.832. The number of ether oxygens (including phenoxy) is 2. The lowest BCUT2D eigenvalue weighted by Crippen LogP contribution is -2.32. The maximum atomic E-state index is 12.8. The van der Waals surface area contributed by atoms with Crippen LogP contribution in [0.3, 0.4) is 0 Å². The molecule has 0 saturated carbocycles. The Bertz CT molecular complexity index is 865. The van der Waals surface area contributed by atoms with E-state index in [1.807, 2.05) is 18.2 Å². The van der Waals surface area contributed by atoms with Crippen LogP contribution < -0.4 is 19.7 Å². The smallest absolute Gasteiger partial charge is 0.283 e. The molecule has 0 spiro atoms. The molecule has 0 aromatic heterocycles. The molecule has 7 heteroatoms. The van der Waals surface area contributed by atoms with Crippen LogP contribution in [0.25, 0.3) is 0 Å². The fourth-order valence-corrected chi connectivity index (χ4v) is 2.68. The zero-order chi connectivity index (χ0) is 18.0. The third kappa shape index (κ3) is 3.04. The van der Waals surface area contributed by atoms with Gasteiger partial charge in [-0.05, 0) is 24.3 Å². The van der Waals surface area contributed by atoms with Crippen molar-refractivity contribution in [2.45, 2.75) is 0 Å². The second kappa shape index (κ2) is 6.86. The predicted molar refractivity (Wildman–Crippen MR) is 95.0 cm³/mol. The van der Waals surface area contributed by atoms with Crippen molar-refractivity contribution in [1.29, 1.82) is 0 Å². The number of benzene rings is 2. The number of hydrogen-bond acceptors (Lipinski definition) is 5. The maximum absolute atomic E-state index is 12.8. The minimum Gasteiger partial charge on any atom is -0.497 e. The van der Waals surface area contributed by atoms with Crippen LogP contribution in [0.5, 0.6) is 11.5 Å². The maximum Gasteiger partial charge on any atom is 0.283 e. The van der Waals surface area contributed by atoms with E-state index in [2.05, 4.69) is 5.32 Å². The summed E-state index contributed by atoms with van der Waals surface area (Å²) in [4.78, 5) is 26.3. The molecule has 0 bridgehead atoms. The molecule has 1 N–H and O–H groups in total. The van der Waals surface area contributed by atoms with Gasteiger partial charge < -0.3 is 14.8 Å². The van der Waals surface area contributed by atoms with Gasteiger partial charge in [-0.25, -0.2) is 4.90 Å². The second-order valence-electron chi connectivity index (χ2n) is 5.16. The fourth-order valence-electron chi connectivity index (χ4n) is 2.47. The summed E-state index contributed by atoms with van der Waals surface area (Å²) in [6.45, 7) is 0. The van der Waals surface area contributed by atoms with Crippen LogP contribution in [0.15, 0.2) is 59.3 Å². The number of hydrogen-bond donors (Lipinski definition) is 1. The van der Waals surface area contributed by atoms with E-state index < -0.39 is 11.8 Å². The molecule has 2 aromatic carbocycles. The van der Waals surface area contributed by atoms with E-state index in [9.17, 15) is 9.59 Å². The monoisotopic (exact) mass is 358 g/mol. The SMILES string of the molecule is COc1ccc(N2C(=O)C(Cl)=C(Nc3ccccc3)C2=O)c(OC)c1. The number of rotatable bonds is 5. The normalized spacial score (nSPS) is 14.1. The zero-order valence-corrected chi connectivity index (χ0v) is 14.3. The van der Waals surface area contributed by atoms with Gasteiger partial charge in [0.2, 0.25) is 0 Å². The van der Waals surface area contributed by atoms with Crippen LogP contribution in [-0.4, -0.2) is 26.0 Å². The molecule has 0 saturated heterocycles. The Morgan fingerprint density at radius 3 is 2.32 bits per heavy atom. The molecule has 2 amide bonds. The zero-order valence-electron chi connectivity index (χ0n) is 13.6. The highest BCUT2D eigenvalue weighted by Crippen LogP contribution is 2.37. The number of anilines is 2. The lowest BCUT2D eigenvalue weighted by Gasteiger charge is -2.18. The number of nitrogens with zero attached hydrogens (tertiary/aromatic N) is 1. The lowest BCUT2D eigenvalue weighted by atomic mass is 10.2. The predicted octanol–water partition coefficient (Wildman–Crippen LogP) is 3.14. The van der Waals surface area contributed by atoms with E-state index in [1.54, 1.807) is 30.3 Å².